The predicted molar refractivity (Wildman–Crippen MR) is 54.6 cm³/mol. The summed E-state index contributed by atoms with van der Waals surface area (Å²) in [4.78, 5) is 0. The third-order valence-corrected chi connectivity index (χ3v) is 5.06. The first kappa shape index (κ1) is 8.28. The Bertz CT molecular complexity index is 169. The van der Waals surface area contributed by atoms with E-state index in [4.69, 9.17) is 0 Å². The molecule has 0 aromatic heterocycles. The van der Waals surface area contributed by atoms with Gasteiger partial charge in [0, 0.05) is 6.54 Å². The largest absolute Gasteiger partial charge is 0.316 e. The SMILES string of the molecule is C1CC2CCCC(C1)C21CCNC1. The summed E-state index contributed by atoms with van der Waals surface area (Å²) >= 11 is 0. The van der Waals surface area contributed by atoms with Gasteiger partial charge < -0.3 is 5.32 Å². The number of hydrogen-bond donors (Lipinski definition) is 1. The van der Waals surface area contributed by atoms with Crippen molar-refractivity contribution in [3.05, 3.63) is 0 Å². The standard InChI is InChI=1S/C12H21N/c1-3-10-5-2-6-11(4-1)12(10)7-8-13-9-12/h10-11,13H,1-9H2. The summed E-state index contributed by atoms with van der Waals surface area (Å²) in [6.07, 6.45) is 10.7. The molecule has 2 bridgehead atoms. The minimum atomic E-state index is 0.774. The Balaban J connectivity index is 1.90. The summed E-state index contributed by atoms with van der Waals surface area (Å²) in [7, 11) is 0. The molecule has 3 rings (SSSR count). The van der Waals surface area contributed by atoms with Gasteiger partial charge in [0.1, 0.15) is 0 Å². The molecule has 1 heterocycles. The summed E-state index contributed by atoms with van der Waals surface area (Å²) in [6, 6.07) is 0. The van der Waals surface area contributed by atoms with Gasteiger partial charge in [0.2, 0.25) is 0 Å². The highest BCUT2D eigenvalue weighted by Crippen LogP contribution is 2.55. The number of rotatable bonds is 0. The highest BCUT2D eigenvalue weighted by atomic mass is 14.9. The Hall–Kier alpha value is -0.0400. The maximum Gasteiger partial charge on any atom is 0.00136 e. The minimum absolute atomic E-state index is 0.774. The molecule has 3 aliphatic rings. The first-order valence-corrected chi connectivity index (χ1v) is 6.12. The summed E-state index contributed by atoms with van der Waals surface area (Å²) in [6.45, 7) is 2.65. The fraction of sp³-hybridized carbons (Fsp3) is 1.00. The van der Waals surface area contributed by atoms with Gasteiger partial charge in [0.15, 0.2) is 0 Å². The lowest BCUT2D eigenvalue weighted by Crippen LogP contribution is -2.45. The van der Waals surface area contributed by atoms with Crippen LogP contribution in [0.4, 0.5) is 0 Å². The van der Waals surface area contributed by atoms with Gasteiger partial charge in [0.05, 0.1) is 0 Å². The Morgan fingerprint density at radius 1 is 0.923 bits per heavy atom. The van der Waals surface area contributed by atoms with E-state index in [0.717, 1.165) is 17.3 Å². The van der Waals surface area contributed by atoms with Crippen LogP contribution in [-0.2, 0) is 0 Å². The molecule has 2 aliphatic carbocycles. The van der Waals surface area contributed by atoms with E-state index in [1.54, 1.807) is 0 Å². The first-order valence-electron chi connectivity index (χ1n) is 6.12. The Morgan fingerprint density at radius 3 is 2.00 bits per heavy atom. The molecule has 0 radical (unpaired) electrons. The lowest BCUT2D eigenvalue weighted by molar-refractivity contribution is -0.00191. The van der Waals surface area contributed by atoms with E-state index in [1.165, 1.54) is 58.0 Å². The van der Waals surface area contributed by atoms with Gasteiger partial charge in [-0.05, 0) is 55.9 Å². The van der Waals surface area contributed by atoms with E-state index >= 15 is 0 Å². The van der Waals surface area contributed by atoms with E-state index in [-0.39, 0.29) is 0 Å². The molecule has 1 nitrogen and oxygen atoms in total. The van der Waals surface area contributed by atoms with Crippen molar-refractivity contribution in [1.82, 2.24) is 5.32 Å². The molecule has 0 aromatic carbocycles. The van der Waals surface area contributed by atoms with Crippen molar-refractivity contribution < 1.29 is 0 Å². The predicted octanol–water partition coefficient (Wildman–Crippen LogP) is 2.57. The zero-order valence-electron chi connectivity index (χ0n) is 8.52. The van der Waals surface area contributed by atoms with Crippen molar-refractivity contribution in [2.45, 2.75) is 44.9 Å². The average Bonchev–Trinajstić information content (AvgIpc) is 2.53. The molecule has 1 heteroatoms. The Morgan fingerprint density at radius 2 is 1.54 bits per heavy atom. The molecule has 0 unspecified atom stereocenters. The van der Waals surface area contributed by atoms with E-state index in [0.29, 0.717) is 0 Å². The van der Waals surface area contributed by atoms with E-state index in [2.05, 4.69) is 5.32 Å². The lowest BCUT2D eigenvalue weighted by Gasteiger charge is -2.51. The van der Waals surface area contributed by atoms with Gasteiger partial charge in [-0.3, -0.25) is 0 Å². The van der Waals surface area contributed by atoms with Gasteiger partial charge in [-0.25, -0.2) is 0 Å². The second-order valence-corrected chi connectivity index (χ2v) is 5.42. The quantitative estimate of drug-likeness (QED) is 0.602. The normalized spacial score (nSPS) is 49.8. The van der Waals surface area contributed by atoms with Crippen molar-refractivity contribution in [3.8, 4) is 0 Å². The molecule has 1 spiro atoms. The topological polar surface area (TPSA) is 12.0 Å². The molecule has 2 saturated carbocycles. The monoisotopic (exact) mass is 179 g/mol. The Labute approximate surface area is 81.3 Å². The third kappa shape index (κ3) is 1.09. The molecule has 1 saturated heterocycles. The van der Waals surface area contributed by atoms with Gasteiger partial charge in [-0.1, -0.05) is 12.8 Å². The third-order valence-electron chi connectivity index (χ3n) is 5.06. The molecule has 1 aliphatic heterocycles. The van der Waals surface area contributed by atoms with Crippen LogP contribution in [0.1, 0.15) is 44.9 Å². The van der Waals surface area contributed by atoms with E-state index in [1.807, 2.05) is 0 Å². The van der Waals surface area contributed by atoms with Crippen LogP contribution in [0, 0.1) is 17.3 Å². The van der Waals surface area contributed by atoms with Gasteiger partial charge >= 0.3 is 0 Å². The van der Waals surface area contributed by atoms with E-state index < -0.39 is 0 Å². The van der Waals surface area contributed by atoms with Crippen molar-refractivity contribution in [3.63, 3.8) is 0 Å². The lowest BCUT2D eigenvalue weighted by atomic mass is 9.54. The summed E-state index contributed by atoms with van der Waals surface area (Å²) in [5.74, 6) is 2.19. The second kappa shape index (κ2) is 2.98. The van der Waals surface area contributed by atoms with Crippen LogP contribution in [-0.4, -0.2) is 13.1 Å². The van der Waals surface area contributed by atoms with E-state index in [9.17, 15) is 0 Å². The summed E-state index contributed by atoms with van der Waals surface area (Å²) in [5.41, 5.74) is 0.774. The van der Waals surface area contributed by atoms with Crippen LogP contribution < -0.4 is 5.32 Å². The highest BCUT2D eigenvalue weighted by molar-refractivity contribution is 5.02. The van der Waals surface area contributed by atoms with Crippen LogP contribution in [0.2, 0.25) is 0 Å². The zero-order chi connectivity index (χ0) is 8.73. The molecule has 3 fully saturated rings. The fourth-order valence-electron chi connectivity index (χ4n) is 4.42. The van der Waals surface area contributed by atoms with Gasteiger partial charge in [0.25, 0.3) is 0 Å². The Kier molecular flexibility index (Phi) is 1.90. The van der Waals surface area contributed by atoms with Crippen molar-refractivity contribution >= 4 is 0 Å². The van der Waals surface area contributed by atoms with Crippen LogP contribution in [0.15, 0.2) is 0 Å². The van der Waals surface area contributed by atoms with Crippen molar-refractivity contribution in [2.75, 3.05) is 13.1 Å². The van der Waals surface area contributed by atoms with Crippen LogP contribution in [0.25, 0.3) is 0 Å². The smallest absolute Gasteiger partial charge is 0.00136 e. The van der Waals surface area contributed by atoms with Crippen LogP contribution in [0.3, 0.4) is 0 Å². The second-order valence-electron chi connectivity index (χ2n) is 5.42. The average molecular weight is 179 g/mol. The fourth-order valence-corrected chi connectivity index (χ4v) is 4.42. The maximum absolute atomic E-state index is 3.61. The minimum Gasteiger partial charge on any atom is -0.316 e. The van der Waals surface area contributed by atoms with Crippen molar-refractivity contribution in [2.24, 2.45) is 17.3 Å². The molecule has 74 valence electrons. The van der Waals surface area contributed by atoms with Crippen LogP contribution in [0.5, 0.6) is 0 Å². The van der Waals surface area contributed by atoms with Gasteiger partial charge in [-0.15, -0.1) is 0 Å². The molecular formula is C12H21N. The summed E-state index contributed by atoms with van der Waals surface area (Å²) in [5, 5.41) is 3.61. The molecular weight excluding hydrogens is 158 g/mol. The number of hydrogen-bond acceptors (Lipinski definition) is 1. The van der Waals surface area contributed by atoms with Crippen molar-refractivity contribution in [1.29, 1.82) is 0 Å². The molecule has 1 N–H and O–H groups in total. The highest BCUT2D eigenvalue weighted by Gasteiger charge is 2.50. The molecule has 13 heavy (non-hydrogen) atoms. The zero-order valence-corrected chi connectivity index (χ0v) is 8.52. The summed E-state index contributed by atoms with van der Waals surface area (Å²) < 4.78 is 0. The molecule has 0 aromatic rings. The maximum atomic E-state index is 3.61. The number of nitrogens with one attached hydrogen (secondary N) is 1. The molecule has 0 atom stereocenters. The first-order chi connectivity index (χ1) is 6.42. The van der Waals surface area contributed by atoms with Crippen LogP contribution >= 0.6 is 0 Å². The molecule has 0 amide bonds. The van der Waals surface area contributed by atoms with Gasteiger partial charge in [-0.2, -0.15) is 0 Å².